The molecule has 1 rings (SSSR count). The van der Waals surface area contributed by atoms with Crippen molar-refractivity contribution in [2.24, 2.45) is 0 Å². The summed E-state index contributed by atoms with van der Waals surface area (Å²) in [6, 6.07) is 0. The number of carboxylic acids is 1. The van der Waals surface area contributed by atoms with Gasteiger partial charge in [-0.25, -0.2) is 4.79 Å². The van der Waals surface area contributed by atoms with Gasteiger partial charge in [-0.3, -0.25) is 4.79 Å². The molecule has 0 aromatic rings. The lowest BCUT2D eigenvalue weighted by molar-refractivity contribution is -0.177. The zero-order valence-electron chi connectivity index (χ0n) is 6.35. The van der Waals surface area contributed by atoms with Crippen molar-refractivity contribution in [2.75, 3.05) is 5.75 Å². The first-order valence-electron chi connectivity index (χ1n) is 3.26. The Balaban J connectivity index is 2.35. The van der Waals surface area contributed by atoms with E-state index in [1.54, 1.807) is 0 Å². The van der Waals surface area contributed by atoms with E-state index in [-0.39, 0.29) is 0 Å². The summed E-state index contributed by atoms with van der Waals surface area (Å²) < 4.78 is 9.50. The van der Waals surface area contributed by atoms with Gasteiger partial charge >= 0.3 is 11.9 Å². The van der Waals surface area contributed by atoms with Gasteiger partial charge in [0.1, 0.15) is 0 Å². The van der Waals surface area contributed by atoms with Gasteiger partial charge in [0.05, 0.1) is 5.75 Å². The van der Waals surface area contributed by atoms with E-state index >= 15 is 0 Å². The predicted octanol–water partition coefficient (Wildman–Crippen LogP) is 0.0497. The zero-order valence-corrected chi connectivity index (χ0v) is 7.17. The van der Waals surface area contributed by atoms with Crippen LogP contribution in [0.3, 0.4) is 0 Å². The average Bonchev–Trinajstić information content (AvgIpc) is 2.34. The first-order valence-corrected chi connectivity index (χ1v) is 4.31. The maximum absolute atomic E-state index is 10.4. The van der Waals surface area contributed by atoms with Crippen LogP contribution in [0, 0.1) is 0 Å². The van der Waals surface area contributed by atoms with Gasteiger partial charge < -0.3 is 14.6 Å². The number of ether oxygens (including phenoxy) is 2. The lowest BCUT2D eigenvalue weighted by Gasteiger charge is -2.08. The summed E-state index contributed by atoms with van der Waals surface area (Å²) in [6.07, 6.45) is -0.714. The highest BCUT2D eigenvalue weighted by Gasteiger charge is 2.32. The van der Waals surface area contributed by atoms with Gasteiger partial charge in [-0.1, -0.05) is 0 Å². The molecule has 1 unspecified atom stereocenters. The van der Waals surface area contributed by atoms with E-state index < -0.39 is 23.7 Å². The summed E-state index contributed by atoms with van der Waals surface area (Å²) >= 11 is 1.10. The molecular weight excluding hydrogens is 184 g/mol. The molecule has 1 saturated heterocycles. The molecule has 6 heteroatoms. The van der Waals surface area contributed by atoms with Crippen LogP contribution < -0.4 is 0 Å². The summed E-state index contributed by atoms with van der Waals surface area (Å²) in [7, 11) is 0. The van der Waals surface area contributed by atoms with E-state index in [2.05, 4.69) is 4.74 Å². The normalized spacial score (nSPS) is 28.4. The van der Waals surface area contributed by atoms with Crippen LogP contribution in [0.25, 0.3) is 0 Å². The van der Waals surface area contributed by atoms with E-state index in [1.807, 2.05) is 0 Å². The summed E-state index contributed by atoms with van der Waals surface area (Å²) in [5.41, 5.74) is -0.908. The maximum atomic E-state index is 10.4. The van der Waals surface area contributed by atoms with Crippen molar-refractivity contribution in [3.63, 3.8) is 0 Å². The average molecular weight is 192 g/mol. The Hall–Kier alpha value is -0.750. The highest BCUT2D eigenvalue weighted by atomic mass is 32.2. The Morgan fingerprint density at radius 3 is 2.75 bits per heavy atom. The molecule has 1 N–H and O–H groups in total. The minimum atomic E-state index is -1.05. The Bertz CT molecular complexity index is 204. The van der Waals surface area contributed by atoms with Crippen LogP contribution in [-0.2, 0) is 19.1 Å². The van der Waals surface area contributed by atoms with Gasteiger partial charge in [-0.15, -0.1) is 11.8 Å². The smallest absolute Gasteiger partial charge is 0.343 e. The molecule has 0 aliphatic carbocycles. The molecule has 2 atom stereocenters. The molecule has 68 valence electrons. The summed E-state index contributed by atoms with van der Waals surface area (Å²) in [5, 5.41) is 8.48. The number of carboxylic acid groups (broad SMARTS) is 1. The summed E-state index contributed by atoms with van der Waals surface area (Å²) in [6.45, 7) is 1.25. The third-order valence-corrected chi connectivity index (χ3v) is 2.24. The topological polar surface area (TPSA) is 72.8 Å². The number of esters is 1. The molecule has 0 aromatic carbocycles. The van der Waals surface area contributed by atoms with Gasteiger partial charge in [0, 0.05) is 6.92 Å². The highest BCUT2D eigenvalue weighted by molar-refractivity contribution is 8.00. The molecule has 1 aliphatic heterocycles. The van der Waals surface area contributed by atoms with Crippen molar-refractivity contribution >= 4 is 23.7 Å². The fourth-order valence-corrected chi connectivity index (χ4v) is 1.58. The second-order valence-corrected chi connectivity index (χ2v) is 3.27. The molecule has 0 amide bonds. The van der Waals surface area contributed by atoms with Crippen LogP contribution in [0.15, 0.2) is 0 Å². The quantitative estimate of drug-likeness (QED) is 0.623. The Morgan fingerprint density at radius 1 is 1.67 bits per heavy atom. The van der Waals surface area contributed by atoms with Crippen molar-refractivity contribution in [3.8, 4) is 0 Å². The summed E-state index contributed by atoms with van der Waals surface area (Å²) in [5.74, 6) is -1.14. The fourth-order valence-electron chi connectivity index (χ4n) is 0.759. The molecule has 1 aliphatic rings. The third kappa shape index (κ3) is 2.38. The van der Waals surface area contributed by atoms with Gasteiger partial charge in [-0.2, -0.15) is 0 Å². The minimum absolute atomic E-state index is 0.372. The fraction of sp³-hybridized carbons (Fsp3) is 0.667. The molecule has 0 bridgehead atoms. The van der Waals surface area contributed by atoms with E-state index in [4.69, 9.17) is 9.84 Å². The van der Waals surface area contributed by atoms with Crippen LogP contribution in [-0.4, -0.2) is 34.5 Å². The molecule has 5 nitrogen and oxygen atoms in total. The van der Waals surface area contributed by atoms with E-state index in [9.17, 15) is 9.59 Å². The minimum Gasteiger partial charge on any atom is -0.479 e. The van der Waals surface area contributed by atoms with E-state index in [0.717, 1.165) is 11.8 Å². The van der Waals surface area contributed by atoms with Crippen molar-refractivity contribution < 1.29 is 24.2 Å². The van der Waals surface area contributed by atoms with Crippen molar-refractivity contribution in [1.82, 2.24) is 0 Å². The first kappa shape index (κ1) is 9.34. The number of thioether (sulfide) groups is 1. The molecule has 1 heterocycles. The van der Waals surface area contributed by atoms with E-state index in [0.29, 0.717) is 5.75 Å². The molecule has 12 heavy (non-hydrogen) atoms. The summed E-state index contributed by atoms with van der Waals surface area (Å²) in [4.78, 5) is 20.8. The van der Waals surface area contributed by atoms with Crippen LogP contribution in [0.1, 0.15) is 6.92 Å². The maximum Gasteiger partial charge on any atom is 0.343 e. The Kier molecular flexibility index (Phi) is 2.93. The monoisotopic (exact) mass is 192 g/mol. The number of rotatable bonds is 2. The van der Waals surface area contributed by atoms with E-state index in [1.165, 1.54) is 6.92 Å². The van der Waals surface area contributed by atoms with Crippen LogP contribution >= 0.6 is 11.8 Å². The molecule has 0 spiro atoms. The second-order valence-electron chi connectivity index (χ2n) is 2.18. The second kappa shape index (κ2) is 3.77. The highest BCUT2D eigenvalue weighted by Crippen LogP contribution is 2.25. The predicted molar refractivity (Wildman–Crippen MR) is 40.5 cm³/mol. The van der Waals surface area contributed by atoms with Gasteiger partial charge in [0.2, 0.25) is 11.7 Å². The van der Waals surface area contributed by atoms with Gasteiger partial charge in [0.25, 0.3) is 0 Å². The van der Waals surface area contributed by atoms with Gasteiger partial charge in [0.15, 0.2) is 0 Å². The number of aliphatic carboxylic acids is 1. The molecule has 0 saturated carbocycles. The van der Waals surface area contributed by atoms with Crippen molar-refractivity contribution in [2.45, 2.75) is 18.6 Å². The molecule has 0 radical (unpaired) electrons. The third-order valence-electron chi connectivity index (χ3n) is 1.16. The Labute approximate surface area is 73.0 Å². The standard InChI is InChI=1S/C6H8O5S/c1-3(7)10-4-2-12-6(11-4)5(8)9/h4,6H,2H2,1H3,(H,8,9)/t4?,6-/m1/s1. The first-order chi connectivity index (χ1) is 5.59. The number of carbonyl (C=O) groups excluding carboxylic acids is 1. The van der Waals surface area contributed by atoms with Crippen molar-refractivity contribution in [1.29, 1.82) is 0 Å². The molecular formula is C6H8O5S. The lowest BCUT2D eigenvalue weighted by atomic mass is 10.7. The van der Waals surface area contributed by atoms with Crippen LogP contribution in [0.5, 0.6) is 0 Å². The Morgan fingerprint density at radius 2 is 2.33 bits per heavy atom. The van der Waals surface area contributed by atoms with Crippen LogP contribution in [0.4, 0.5) is 0 Å². The molecule has 1 fully saturated rings. The lowest BCUT2D eigenvalue weighted by Crippen LogP contribution is -2.22. The number of hydrogen-bond donors (Lipinski definition) is 1. The van der Waals surface area contributed by atoms with Crippen LogP contribution in [0.2, 0.25) is 0 Å². The number of carbonyl (C=O) groups is 2. The van der Waals surface area contributed by atoms with Gasteiger partial charge in [-0.05, 0) is 0 Å². The van der Waals surface area contributed by atoms with Crippen molar-refractivity contribution in [3.05, 3.63) is 0 Å². The zero-order chi connectivity index (χ0) is 9.14. The largest absolute Gasteiger partial charge is 0.479 e. The SMILES string of the molecule is CC(=O)OC1CS[C@H](C(=O)O)O1. The molecule has 0 aromatic heterocycles. The number of hydrogen-bond acceptors (Lipinski definition) is 5.